The zero-order valence-electron chi connectivity index (χ0n) is 17.9. The summed E-state index contributed by atoms with van der Waals surface area (Å²) in [7, 11) is 2.71. The molecule has 0 saturated carbocycles. The third-order valence-electron chi connectivity index (χ3n) is 5.29. The van der Waals surface area contributed by atoms with E-state index in [4.69, 9.17) is 18.9 Å². The molecule has 0 aliphatic rings. The van der Waals surface area contributed by atoms with Gasteiger partial charge in [-0.15, -0.1) is 0 Å². The van der Waals surface area contributed by atoms with E-state index in [-0.39, 0.29) is 5.75 Å². The van der Waals surface area contributed by atoms with E-state index in [1.807, 2.05) is 13.8 Å². The van der Waals surface area contributed by atoms with Crippen molar-refractivity contribution in [2.45, 2.75) is 18.7 Å². The smallest absolute Gasteiger partial charge is 0.160 e. The maximum atomic E-state index is 14.4. The minimum atomic E-state index is -3.45. The van der Waals surface area contributed by atoms with Crippen LogP contribution in [0.25, 0.3) is 6.08 Å². The maximum Gasteiger partial charge on any atom is 0.160 e. The molecular weight excluding hydrogens is 392 g/mol. The molecule has 0 amide bonds. The van der Waals surface area contributed by atoms with Gasteiger partial charge in [-0.1, -0.05) is 22.9 Å². The minimum absolute atomic E-state index is 0.0428. The molecule has 0 atom stereocenters. The summed E-state index contributed by atoms with van der Waals surface area (Å²) in [6, 6.07) is 8.39. The molecule has 2 aromatic carbocycles. The molecule has 0 fully saturated rings. The first-order chi connectivity index (χ1) is 13.8. The number of rotatable bonds is 9. The summed E-state index contributed by atoms with van der Waals surface area (Å²) >= 11 is 0. The highest BCUT2D eigenvalue weighted by atomic mass is 32.3. The number of ether oxygens (including phenoxy) is 4. The summed E-state index contributed by atoms with van der Waals surface area (Å²) in [4.78, 5) is 0.563. The Labute approximate surface area is 172 Å². The van der Waals surface area contributed by atoms with Crippen LogP contribution < -0.4 is 18.9 Å². The second kappa shape index (κ2) is 8.78. The number of hydrogen-bond donors (Lipinski definition) is 1. The van der Waals surface area contributed by atoms with E-state index in [9.17, 15) is 9.32 Å². The highest BCUT2D eigenvalue weighted by Crippen LogP contribution is 2.43. The second-order valence-corrected chi connectivity index (χ2v) is 11.1. The van der Waals surface area contributed by atoms with Crippen molar-refractivity contribution in [1.82, 2.24) is 0 Å². The van der Waals surface area contributed by atoms with E-state index >= 15 is 0 Å². The average Bonchev–Trinajstić information content (AvgIpc) is 2.76. The lowest BCUT2D eigenvalue weighted by Crippen LogP contribution is -2.35. The number of hydrogen-bond acceptors (Lipinski definition) is 6. The van der Waals surface area contributed by atoms with Crippen LogP contribution in [-0.2, 0) is 9.07 Å². The van der Waals surface area contributed by atoms with Crippen LogP contribution in [-0.4, -0.2) is 49.3 Å². The molecule has 0 aliphatic heterocycles. The zero-order chi connectivity index (χ0) is 21.7. The van der Waals surface area contributed by atoms with Crippen LogP contribution in [0.2, 0.25) is 0 Å². The SMILES string of the molecule is CCS(=O)(/C=C/c1c(OC)cc(OC)cc1OC)(CC)c1ccc(OC)c(O)c1. The highest BCUT2D eigenvalue weighted by Gasteiger charge is 2.34. The van der Waals surface area contributed by atoms with Crippen LogP contribution in [0.3, 0.4) is 0 Å². The quantitative estimate of drug-likeness (QED) is 0.649. The normalized spacial score (nSPS) is 13.0. The van der Waals surface area contributed by atoms with Gasteiger partial charge in [0.05, 0.1) is 34.0 Å². The zero-order valence-corrected chi connectivity index (χ0v) is 18.7. The molecule has 0 aliphatic carbocycles. The fraction of sp³-hybridized carbons (Fsp3) is 0.364. The van der Waals surface area contributed by atoms with Crippen LogP contribution in [0.1, 0.15) is 19.4 Å². The van der Waals surface area contributed by atoms with E-state index in [1.54, 1.807) is 57.1 Å². The largest absolute Gasteiger partial charge is 0.504 e. The molecule has 0 radical (unpaired) electrons. The third kappa shape index (κ3) is 4.19. The van der Waals surface area contributed by atoms with E-state index in [0.29, 0.717) is 45.0 Å². The van der Waals surface area contributed by atoms with Crippen LogP contribution in [0.4, 0.5) is 0 Å². The fourth-order valence-corrected chi connectivity index (χ4v) is 6.06. The topological polar surface area (TPSA) is 74.2 Å². The molecule has 0 aromatic heterocycles. The number of phenolic OH excluding ortho intramolecular Hbond substituents is 1. The van der Waals surface area contributed by atoms with Gasteiger partial charge >= 0.3 is 0 Å². The molecule has 2 rings (SSSR count). The van der Waals surface area contributed by atoms with Gasteiger partial charge in [0.1, 0.15) is 17.2 Å². The lowest BCUT2D eigenvalue weighted by atomic mass is 10.1. The summed E-state index contributed by atoms with van der Waals surface area (Å²) in [5.41, 5.74) is 0.661. The van der Waals surface area contributed by atoms with Crippen molar-refractivity contribution in [3.63, 3.8) is 0 Å². The maximum absolute atomic E-state index is 14.4. The molecule has 0 spiro atoms. The Bertz CT molecular complexity index is 931. The number of aromatic hydroxyl groups is 1. The van der Waals surface area contributed by atoms with Gasteiger partial charge in [0.25, 0.3) is 0 Å². The molecule has 6 nitrogen and oxygen atoms in total. The summed E-state index contributed by atoms with van der Waals surface area (Å²) in [5.74, 6) is 2.75. The standard InChI is InChI=1S/C22H30O6S/c1-7-29(24,8-2,17-9-10-20(26-4)19(23)15-17)12-11-18-21(27-5)13-16(25-3)14-22(18)28-6/h9-15,23H,7-8H2,1-6H3/b12-11+. The van der Waals surface area contributed by atoms with Crippen LogP contribution in [0.5, 0.6) is 28.7 Å². The van der Waals surface area contributed by atoms with Crippen molar-refractivity contribution >= 4 is 15.1 Å². The average molecular weight is 423 g/mol. The molecule has 29 heavy (non-hydrogen) atoms. The van der Waals surface area contributed by atoms with Gasteiger partial charge in [0.15, 0.2) is 11.5 Å². The predicted octanol–water partition coefficient (Wildman–Crippen LogP) is 4.32. The van der Waals surface area contributed by atoms with Crippen molar-refractivity contribution in [3.8, 4) is 28.7 Å². The number of phenols is 1. The summed E-state index contributed by atoms with van der Waals surface area (Å²) in [6.45, 7) is 3.76. The van der Waals surface area contributed by atoms with E-state index in [2.05, 4.69) is 0 Å². The van der Waals surface area contributed by atoms with Crippen LogP contribution >= 0.6 is 0 Å². The van der Waals surface area contributed by atoms with Crippen molar-refractivity contribution in [2.75, 3.05) is 39.9 Å². The highest BCUT2D eigenvalue weighted by molar-refractivity contribution is 8.22. The van der Waals surface area contributed by atoms with Gasteiger partial charge in [-0.25, -0.2) is 0 Å². The third-order valence-corrected chi connectivity index (χ3v) is 9.97. The van der Waals surface area contributed by atoms with Gasteiger partial charge in [-0.2, -0.15) is 0 Å². The van der Waals surface area contributed by atoms with Crippen molar-refractivity contribution < 1.29 is 28.3 Å². The van der Waals surface area contributed by atoms with Crippen molar-refractivity contribution in [1.29, 1.82) is 0 Å². The summed E-state index contributed by atoms with van der Waals surface area (Å²) in [5, 5.41) is 12.0. The predicted molar refractivity (Wildman–Crippen MR) is 117 cm³/mol. The lowest BCUT2D eigenvalue weighted by Gasteiger charge is -2.38. The summed E-state index contributed by atoms with van der Waals surface area (Å²) < 4.78 is 35.8. The Morgan fingerprint density at radius 3 is 1.83 bits per heavy atom. The molecule has 0 bridgehead atoms. The van der Waals surface area contributed by atoms with Gasteiger partial charge in [0, 0.05) is 28.5 Å². The fourth-order valence-electron chi connectivity index (χ4n) is 3.21. The molecule has 0 unspecified atom stereocenters. The van der Waals surface area contributed by atoms with Crippen molar-refractivity contribution in [2.24, 2.45) is 0 Å². The van der Waals surface area contributed by atoms with E-state index < -0.39 is 9.07 Å². The first kappa shape index (κ1) is 22.6. The Morgan fingerprint density at radius 1 is 0.862 bits per heavy atom. The Morgan fingerprint density at radius 2 is 1.41 bits per heavy atom. The Kier molecular flexibility index (Phi) is 6.85. The van der Waals surface area contributed by atoms with Gasteiger partial charge in [-0.3, -0.25) is 4.21 Å². The van der Waals surface area contributed by atoms with Crippen LogP contribution in [0, 0.1) is 0 Å². The minimum Gasteiger partial charge on any atom is -0.504 e. The number of methoxy groups -OCH3 is 4. The Hall–Kier alpha value is -2.67. The molecule has 0 saturated heterocycles. The van der Waals surface area contributed by atoms with Gasteiger partial charge < -0.3 is 24.1 Å². The molecule has 1 N–H and O–H groups in total. The molecular formula is C22H30O6S. The molecule has 2 aromatic rings. The van der Waals surface area contributed by atoms with E-state index in [0.717, 1.165) is 0 Å². The summed E-state index contributed by atoms with van der Waals surface area (Å²) in [6.07, 6.45) is 1.76. The molecule has 7 heteroatoms. The lowest BCUT2D eigenvalue weighted by molar-refractivity contribution is 0.372. The van der Waals surface area contributed by atoms with Gasteiger partial charge in [-0.05, 0) is 29.7 Å². The molecule has 0 heterocycles. The first-order valence-electron chi connectivity index (χ1n) is 9.29. The van der Waals surface area contributed by atoms with Gasteiger partial charge in [0.2, 0.25) is 0 Å². The number of benzene rings is 2. The Balaban J connectivity index is 2.68. The van der Waals surface area contributed by atoms with Crippen molar-refractivity contribution in [3.05, 3.63) is 41.3 Å². The van der Waals surface area contributed by atoms with E-state index in [1.165, 1.54) is 13.2 Å². The molecule has 160 valence electrons. The second-order valence-electron chi connectivity index (χ2n) is 6.52. The van der Waals surface area contributed by atoms with Crippen LogP contribution in [0.15, 0.2) is 40.6 Å². The first-order valence-corrected chi connectivity index (χ1v) is 11.7. The monoisotopic (exact) mass is 422 g/mol.